The van der Waals surface area contributed by atoms with Gasteiger partial charge >= 0.3 is 6.03 Å². The Labute approximate surface area is 138 Å². The Balaban J connectivity index is 1.45. The number of hydrogen-bond acceptors (Lipinski definition) is 3. The van der Waals surface area contributed by atoms with E-state index in [9.17, 15) is 4.79 Å². The van der Waals surface area contributed by atoms with Crippen LogP contribution in [0.15, 0.2) is 42.5 Å². The third kappa shape index (κ3) is 2.80. The number of urea groups is 1. The van der Waals surface area contributed by atoms with Crippen molar-refractivity contribution in [2.45, 2.75) is 18.4 Å². The largest absolute Gasteiger partial charge is 0.454 e. The Hall–Kier alpha value is -2.40. The van der Waals surface area contributed by atoms with E-state index in [2.05, 4.69) is 10.6 Å². The molecular formula is C17H15ClN2O3. The zero-order valence-electron chi connectivity index (χ0n) is 12.3. The second-order valence-electron chi connectivity index (χ2n) is 5.74. The maximum atomic E-state index is 12.3. The Morgan fingerprint density at radius 3 is 2.52 bits per heavy atom. The molecule has 0 saturated heterocycles. The molecule has 1 aliphatic heterocycles. The molecular weight excluding hydrogens is 316 g/mol. The van der Waals surface area contributed by atoms with E-state index in [0.717, 1.165) is 18.4 Å². The fraction of sp³-hybridized carbons (Fsp3) is 0.235. The second kappa shape index (κ2) is 5.35. The molecule has 2 amide bonds. The molecule has 0 atom stereocenters. The van der Waals surface area contributed by atoms with Crippen LogP contribution >= 0.6 is 11.6 Å². The molecule has 1 heterocycles. The molecule has 5 nitrogen and oxygen atoms in total. The fourth-order valence-corrected chi connectivity index (χ4v) is 2.86. The minimum atomic E-state index is -0.287. The van der Waals surface area contributed by atoms with Gasteiger partial charge in [0.25, 0.3) is 0 Å². The number of rotatable bonds is 3. The second-order valence-corrected chi connectivity index (χ2v) is 6.17. The molecule has 2 aromatic rings. The molecule has 0 radical (unpaired) electrons. The van der Waals surface area contributed by atoms with Gasteiger partial charge in [-0.25, -0.2) is 4.79 Å². The molecule has 0 spiro atoms. The van der Waals surface area contributed by atoms with Gasteiger partial charge in [-0.15, -0.1) is 0 Å². The lowest BCUT2D eigenvalue weighted by molar-refractivity contribution is 0.174. The number of fused-ring (bicyclic) bond motifs is 1. The van der Waals surface area contributed by atoms with Gasteiger partial charge in [-0.1, -0.05) is 23.7 Å². The molecule has 2 aliphatic rings. The van der Waals surface area contributed by atoms with E-state index in [1.807, 2.05) is 24.3 Å². The van der Waals surface area contributed by atoms with E-state index in [4.69, 9.17) is 21.1 Å². The van der Waals surface area contributed by atoms with Crippen molar-refractivity contribution >= 4 is 23.3 Å². The zero-order valence-corrected chi connectivity index (χ0v) is 13.0. The van der Waals surface area contributed by atoms with Crippen LogP contribution in [-0.2, 0) is 5.54 Å². The Morgan fingerprint density at radius 1 is 1.04 bits per heavy atom. The predicted octanol–water partition coefficient (Wildman–Crippen LogP) is 3.88. The average molecular weight is 331 g/mol. The van der Waals surface area contributed by atoms with Crippen LogP contribution in [0.5, 0.6) is 11.5 Å². The number of halogens is 1. The molecule has 2 N–H and O–H groups in total. The first-order valence-corrected chi connectivity index (χ1v) is 7.77. The summed E-state index contributed by atoms with van der Waals surface area (Å²) in [5, 5.41) is 6.58. The molecule has 0 aromatic heterocycles. The minimum Gasteiger partial charge on any atom is -0.454 e. The van der Waals surface area contributed by atoms with Gasteiger partial charge in [-0.05, 0) is 42.7 Å². The third-order valence-corrected chi connectivity index (χ3v) is 4.38. The highest BCUT2D eigenvalue weighted by atomic mass is 35.5. The first kappa shape index (κ1) is 14.2. The van der Waals surface area contributed by atoms with Crippen LogP contribution in [0.1, 0.15) is 18.4 Å². The molecule has 23 heavy (non-hydrogen) atoms. The summed E-state index contributed by atoms with van der Waals surface area (Å²) in [7, 11) is 0. The van der Waals surface area contributed by atoms with Gasteiger partial charge < -0.3 is 20.1 Å². The number of benzene rings is 2. The Kier molecular flexibility index (Phi) is 3.31. The van der Waals surface area contributed by atoms with E-state index in [1.165, 1.54) is 0 Å². The lowest BCUT2D eigenvalue weighted by Gasteiger charge is -2.18. The number of nitrogens with one attached hydrogen (secondary N) is 2. The number of carbonyl (C=O) groups is 1. The van der Waals surface area contributed by atoms with Crippen molar-refractivity contribution in [1.29, 1.82) is 0 Å². The lowest BCUT2D eigenvalue weighted by atomic mass is 10.1. The minimum absolute atomic E-state index is 0.213. The molecule has 1 saturated carbocycles. The maximum Gasteiger partial charge on any atom is 0.319 e. The van der Waals surface area contributed by atoms with Gasteiger partial charge in [0.1, 0.15) is 0 Å². The summed E-state index contributed by atoms with van der Waals surface area (Å²) < 4.78 is 10.6. The maximum absolute atomic E-state index is 12.3. The lowest BCUT2D eigenvalue weighted by Crippen LogP contribution is -2.38. The third-order valence-electron chi connectivity index (χ3n) is 4.13. The number of hydrogen-bond donors (Lipinski definition) is 2. The number of amides is 2. The van der Waals surface area contributed by atoms with Gasteiger partial charge in [0.15, 0.2) is 11.5 Å². The Bertz CT molecular complexity index is 757. The number of anilines is 1. The van der Waals surface area contributed by atoms with Crippen LogP contribution < -0.4 is 20.1 Å². The van der Waals surface area contributed by atoms with Gasteiger partial charge in [0.2, 0.25) is 6.79 Å². The summed E-state index contributed by atoms with van der Waals surface area (Å²) in [4.78, 5) is 12.3. The van der Waals surface area contributed by atoms with Gasteiger partial charge in [0.05, 0.1) is 5.54 Å². The molecule has 118 valence electrons. The highest BCUT2D eigenvalue weighted by Crippen LogP contribution is 2.45. The van der Waals surface area contributed by atoms with Crippen LogP contribution in [0.2, 0.25) is 5.02 Å². The van der Waals surface area contributed by atoms with Crippen LogP contribution in [0, 0.1) is 0 Å². The van der Waals surface area contributed by atoms with E-state index in [-0.39, 0.29) is 18.4 Å². The molecule has 0 unspecified atom stereocenters. The summed E-state index contributed by atoms with van der Waals surface area (Å²) in [6, 6.07) is 12.7. The first-order valence-electron chi connectivity index (χ1n) is 7.40. The summed E-state index contributed by atoms with van der Waals surface area (Å²) in [5.74, 6) is 1.33. The molecule has 1 aliphatic carbocycles. The van der Waals surface area contributed by atoms with Crippen molar-refractivity contribution in [3.05, 3.63) is 53.1 Å². The Morgan fingerprint density at radius 2 is 1.78 bits per heavy atom. The van der Waals surface area contributed by atoms with E-state index < -0.39 is 0 Å². The van der Waals surface area contributed by atoms with Crippen LogP contribution in [-0.4, -0.2) is 12.8 Å². The smallest absolute Gasteiger partial charge is 0.319 e. The van der Waals surface area contributed by atoms with Crippen LogP contribution in [0.3, 0.4) is 0 Å². The topological polar surface area (TPSA) is 59.6 Å². The normalized spacial score (nSPS) is 16.7. The van der Waals surface area contributed by atoms with Crippen molar-refractivity contribution < 1.29 is 14.3 Å². The fourth-order valence-electron chi connectivity index (χ4n) is 2.73. The van der Waals surface area contributed by atoms with E-state index in [0.29, 0.717) is 22.2 Å². The molecule has 1 fully saturated rings. The zero-order chi connectivity index (χ0) is 15.9. The predicted molar refractivity (Wildman–Crippen MR) is 87.1 cm³/mol. The summed E-state index contributed by atoms with van der Waals surface area (Å²) in [6.07, 6.45) is 1.84. The van der Waals surface area contributed by atoms with Crippen molar-refractivity contribution in [3.8, 4) is 11.5 Å². The van der Waals surface area contributed by atoms with Gasteiger partial charge in [-0.3, -0.25) is 0 Å². The molecule has 6 heteroatoms. The van der Waals surface area contributed by atoms with E-state index >= 15 is 0 Å². The van der Waals surface area contributed by atoms with Crippen molar-refractivity contribution in [2.75, 3.05) is 12.1 Å². The van der Waals surface area contributed by atoms with E-state index in [1.54, 1.807) is 18.2 Å². The highest BCUT2D eigenvalue weighted by Gasteiger charge is 2.45. The van der Waals surface area contributed by atoms with Crippen molar-refractivity contribution in [2.24, 2.45) is 0 Å². The monoisotopic (exact) mass is 330 g/mol. The molecule has 4 rings (SSSR count). The van der Waals surface area contributed by atoms with Crippen LogP contribution in [0.4, 0.5) is 10.5 Å². The highest BCUT2D eigenvalue weighted by molar-refractivity contribution is 6.30. The average Bonchev–Trinajstić information content (AvgIpc) is 3.15. The summed E-state index contributed by atoms with van der Waals surface area (Å²) in [6.45, 7) is 0.213. The van der Waals surface area contributed by atoms with Crippen LogP contribution in [0.25, 0.3) is 0 Å². The van der Waals surface area contributed by atoms with Crippen molar-refractivity contribution in [3.63, 3.8) is 0 Å². The first-order chi connectivity index (χ1) is 11.1. The quantitative estimate of drug-likeness (QED) is 0.897. The molecule has 2 aromatic carbocycles. The summed E-state index contributed by atoms with van der Waals surface area (Å²) >= 11 is 5.92. The SMILES string of the molecule is O=C(Nc1ccc2c(c1)OCO2)NC1(c2ccc(Cl)cc2)CC1. The summed E-state index contributed by atoms with van der Waals surface area (Å²) in [5.41, 5.74) is 1.45. The molecule has 0 bridgehead atoms. The van der Waals surface area contributed by atoms with Gasteiger partial charge in [-0.2, -0.15) is 0 Å². The number of ether oxygens (including phenoxy) is 2. The standard InChI is InChI=1S/C17H15ClN2O3/c18-12-3-1-11(2-4-12)17(7-8-17)20-16(21)19-13-5-6-14-15(9-13)23-10-22-14/h1-6,9H,7-8,10H2,(H2,19,20,21). The number of carbonyl (C=O) groups excluding carboxylic acids is 1. The van der Waals surface area contributed by atoms with Crippen molar-refractivity contribution in [1.82, 2.24) is 5.32 Å². The van der Waals surface area contributed by atoms with Gasteiger partial charge in [0, 0.05) is 16.8 Å².